The SMILES string of the molecule is Cc1ccccc1CNC(=O)COc1ccc(C(=O)c2sc(N(c3ccc(F)cc3)[C@H](C)C(N)=O)nc2N)cc1. The minimum atomic E-state index is -0.843. The fraction of sp³-hybridized carbons (Fsp3) is 0.172. The van der Waals surface area contributed by atoms with Crippen LogP contribution in [-0.2, 0) is 16.1 Å². The van der Waals surface area contributed by atoms with Crippen molar-refractivity contribution in [2.24, 2.45) is 5.73 Å². The lowest BCUT2D eigenvalue weighted by Crippen LogP contribution is -2.39. The molecule has 0 aliphatic carbocycles. The van der Waals surface area contributed by atoms with Gasteiger partial charge in [0.25, 0.3) is 5.91 Å². The molecule has 4 rings (SSSR count). The van der Waals surface area contributed by atoms with E-state index in [1.54, 1.807) is 31.2 Å². The topological polar surface area (TPSA) is 141 Å². The standard InChI is InChI=1S/C29H28FN5O4S/c1-17-5-3-4-6-20(17)15-33-24(36)16-39-23-13-7-19(8-14-23)25(37)26-27(31)34-29(40-26)35(18(2)28(32)38)22-11-9-21(30)10-12-22/h3-14,18H,15-16,31H2,1-2H3,(H2,32,38)(H,33,36)/t18-/m1/s1. The summed E-state index contributed by atoms with van der Waals surface area (Å²) in [6.07, 6.45) is 0. The van der Waals surface area contributed by atoms with Gasteiger partial charge in [0.1, 0.15) is 28.3 Å². The van der Waals surface area contributed by atoms with Crippen LogP contribution >= 0.6 is 11.3 Å². The third-order valence-corrected chi connectivity index (χ3v) is 7.25. The molecule has 0 saturated heterocycles. The number of carbonyl (C=O) groups is 3. The lowest BCUT2D eigenvalue weighted by Gasteiger charge is -2.26. The molecule has 0 unspecified atom stereocenters. The van der Waals surface area contributed by atoms with Gasteiger partial charge in [0, 0.05) is 17.8 Å². The van der Waals surface area contributed by atoms with Crippen LogP contribution in [0.2, 0.25) is 0 Å². The number of nitrogens with one attached hydrogen (secondary N) is 1. The summed E-state index contributed by atoms with van der Waals surface area (Å²) in [6, 6.07) is 18.7. The van der Waals surface area contributed by atoms with Crippen molar-refractivity contribution in [2.75, 3.05) is 17.2 Å². The Kier molecular flexibility index (Phi) is 8.75. The van der Waals surface area contributed by atoms with Crippen molar-refractivity contribution in [2.45, 2.75) is 26.4 Å². The van der Waals surface area contributed by atoms with Crippen LogP contribution in [-0.4, -0.2) is 35.2 Å². The average molecular weight is 562 g/mol. The van der Waals surface area contributed by atoms with E-state index in [0.29, 0.717) is 23.5 Å². The number of nitrogens with zero attached hydrogens (tertiary/aromatic N) is 2. The number of rotatable bonds is 11. The Bertz CT molecular complexity index is 1520. The van der Waals surface area contributed by atoms with Crippen LogP contribution < -0.4 is 26.4 Å². The van der Waals surface area contributed by atoms with Crippen LogP contribution in [0.4, 0.5) is 21.0 Å². The number of amides is 2. The second-order valence-corrected chi connectivity index (χ2v) is 9.96. The van der Waals surface area contributed by atoms with Gasteiger partial charge < -0.3 is 26.4 Å². The molecule has 206 valence electrons. The molecule has 2 amide bonds. The molecular formula is C29H28FN5O4S. The molecule has 0 fully saturated rings. The first-order valence-electron chi connectivity index (χ1n) is 12.3. The predicted octanol–water partition coefficient (Wildman–Crippen LogP) is 4.11. The molecule has 0 spiro atoms. The summed E-state index contributed by atoms with van der Waals surface area (Å²) in [5, 5.41) is 3.08. The minimum absolute atomic E-state index is 0.0144. The maximum absolute atomic E-state index is 13.5. The second-order valence-electron chi connectivity index (χ2n) is 8.98. The molecule has 5 N–H and O–H groups in total. The highest BCUT2D eigenvalue weighted by atomic mass is 32.1. The summed E-state index contributed by atoms with van der Waals surface area (Å²) in [5.74, 6) is -1.33. The molecule has 0 aliphatic rings. The van der Waals surface area contributed by atoms with E-state index in [-0.39, 0.29) is 34.1 Å². The van der Waals surface area contributed by atoms with E-state index in [1.807, 2.05) is 31.2 Å². The van der Waals surface area contributed by atoms with Crippen molar-refractivity contribution in [1.29, 1.82) is 0 Å². The van der Waals surface area contributed by atoms with Gasteiger partial charge in [0.05, 0.1) is 0 Å². The molecule has 3 aromatic carbocycles. The number of anilines is 3. The van der Waals surface area contributed by atoms with Crippen LogP contribution in [0.15, 0.2) is 72.8 Å². The first-order valence-corrected chi connectivity index (χ1v) is 13.1. The molecule has 0 radical (unpaired) electrons. The van der Waals surface area contributed by atoms with E-state index in [9.17, 15) is 18.8 Å². The zero-order chi connectivity index (χ0) is 28.8. The van der Waals surface area contributed by atoms with E-state index in [0.717, 1.165) is 22.5 Å². The monoisotopic (exact) mass is 561 g/mol. The molecule has 1 aromatic heterocycles. The number of halogens is 1. The molecule has 40 heavy (non-hydrogen) atoms. The van der Waals surface area contributed by atoms with Crippen molar-refractivity contribution in [3.8, 4) is 5.75 Å². The maximum Gasteiger partial charge on any atom is 0.258 e. The van der Waals surface area contributed by atoms with Gasteiger partial charge in [-0.1, -0.05) is 35.6 Å². The largest absolute Gasteiger partial charge is 0.484 e. The number of hydrogen-bond acceptors (Lipinski definition) is 8. The molecule has 0 saturated carbocycles. The number of aromatic nitrogens is 1. The van der Waals surface area contributed by atoms with Crippen molar-refractivity contribution in [3.05, 3.63) is 100 Å². The van der Waals surface area contributed by atoms with Crippen molar-refractivity contribution < 1.29 is 23.5 Å². The number of nitrogens with two attached hydrogens (primary N) is 2. The van der Waals surface area contributed by atoms with E-state index < -0.39 is 17.8 Å². The number of ether oxygens (including phenoxy) is 1. The van der Waals surface area contributed by atoms with Gasteiger partial charge in [-0.25, -0.2) is 9.37 Å². The number of aryl methyl sites for hydroxylation is 1. The van der Waals surface area contributed by atoms with Crippen LogP contribution in [0, 0.1) is 12.7 Å². The van der Waals surface area contributed by atoms with Crippen LogP contribution in [0.5, 0.6) is 5.75 Å². The highest BCUT2D eigenvalue weighted by molar-refractivity contribution is 7.18. The number of ketones is 1. The molecule has 4 aromatic rings. The lowest BCUT2D eigenvalue weighted by atomic mass is 10.1. The highest BCUT2D eigenvalue weighted by Gasteiger charge is 2.27. The number of benzene rings is 3. The molecule has 0 bridgehead atoms. The van der Waals surface area contributed by atoms with Gasteiger partial charge in [0.2, 0.25) is 11.7 Å². The maximum atomic E-state index is 13.5. The minimum Gasteiger partial charge on any atom is -0.484 e. The number of nitrogen functional groups attached to an aromatic ring is 1. The van der Waals surface area contributed by atoms with Crippen molar-refractivity contribution >= 4 is 45.6 Å². The Morgan fingerprint density at radius 3 is 2.38 bits per heavy atom. The molecule has 1 heterocycles. The molecule has 9 nitrogen and oxygen atoms in total. The highest BCUT2D eigenvalue weighted by Crippen LogP contribution is 2.36. The first-order chi connectivity index (χ1) is 19.1. The van der Waals surface area contributed by atoms with Crippen LogP contribution in [0.25, 0.3) is 0 Å². The Morgan fingerprint density at radius 1 is 1.05 bits per heavy atom. The molecule has 11 heteroatoms. The summed E-state index contributed by atoms with van der Waals surface area (Å²) in [5.41, 5.74) is 14.5. The zero-order valence-electron chi connectivity index (χ0n) is 21.9. The lowest BCUT2D eigenvalue weighted by molar-refractivity contribution is -0.123. The Hall–Kier alpha value is -4.77. The summed E-state index contributed by atoms with van der Waals surface area (Å²) >= 11 is 0.993. The van der Waals surface area contributed by atoms with Crippen molar-refractivity contribution in [3.63, 3.8) is 0 Å². The average Bonchev–Trinajstić information content (AvgIpc) is 3.33. The Morgan fingerprint density at radius 2 is 1.73 bits per heavy atom. The van der Waals surface area contributed by atoms with Gasteiger partial charge in [0.15, 0.2) is 11.7 Å². The smallest absolute Gasteiger partial charge is 0.258 e. The van der Waals surface area contributed by atoms with E-state index in [2.05, 4.69) is 10.3 Å². The Labute approximate surface area is 234 Å². The third-order valence-electron chi connectivity index (χ3n) is 6.18. The van der Waals surface area contributed by atoms with Gasteiger partial charge in [-0.3, -0.25) is 14.4 Å². The van der Waals surface area contributed by atoms with Crippen LogP contribution in [0.1, 0.15) is 33.3 Å². The number of hydrogen-bond donors (Lipinski definition) is 3. The summed E-state index contributed by atoms with van der Waals surface area (Å²) in [4.78, 5) is 43.4. The third kappa shape index (κ3) is 6.62. The van der Waals surface area contributed by atoms with Gasteiger partial charge in [-0.2, -0.15) is 0 Å². The number of carbonyl (C=O) groups excluding carboxylic acids is 3. The normalized spacial score (nSPS) is 11.5. The summed E-state index contributed by atoms with van der Waals surface area (Å²) < 4.78 is 19.0. The second kappa shape index (κ2) is 12.4. The van der Waals surface area contributed by atoms with Gasteiger partial charge in [-0.05, 0) is 73.5 Å². The van der Waals surface area contributed by atoms with Crippen LogP contribution in [0.3, 0.4) is 0 Å². The van der Waals surface area contributed by atoms with Crippen molar-refractivity contribution in [1.82, 2.24) is 10.3 Å². The Balaban J connectivity index is 1.43. The summed E-state index contributed by atoms with van der Waals surface area (Å²) in [6.45, 7) is 3.77. The quantitative estimate of drug-likeness (QED) is 0.234. The van der Waals surface area contributed by atoms with Gasteiger partial charge >= 0.3 is 0 Å². The molecule has 0 aliphatic heterocycles. The first kappa shape index (κ1) is 28.2. The van der Waals surface area contributed by atoms with Gasteiger partial charge in [-0.15, -0.1) is 0 Å². The van der Waals surface area contributed by atoms with E-state index in [1.165, 1.54) is 29.2 Å². The summed E-state index contributed by atoms with van der Waals surface area (Å²) in [7, 11) is 0. The fourth-order valence-corrected chi connectivity index (χ4v) is 4.90. The number of primary amides is 1. The molecule has 1 atom stereocenters. The fourth-order valence-electron chi connectivity index (χ4n) is 3.85. The zero-order valence-corrected chi connectivity index (χ0v) is 22.7. The van der Waals surface area contributed by atoms with E-state index >= 15 is 0 Å². The predicted molar refractivity (Wildman–Crippen MR) is 152 cm³/mol. The van der Waals surface area contributed by atoms with E-state index in [4.69, 9.17) is 16.2 Å². The molecular weight excluding hydrogens is 533 g/mol. The number of thiazole rings is 1.